The first kappa shape index (κ1) is 14.4. The molecule has 1 aliphatic heterocycles. The third-order valence-electron chi connectivity index (χ3n) is 3.08. The monoisotopic (exact) mass is 295 g/mol. The summed E-state index contributed by atoms with van der Waals surface area (Å²) in [6, 6.07) is 3.34. The Morgan fingerprint density at radius 2 is 1.90 bits per heavy atom. The summed E-state index contributed by atoms with van der Waals surface area (Å²) in [4.78, 5) is 36.3. The van der Waals surface area contributed by atoms with Gasteiger partial charge in [0.15, 0.2) is 0 Å². The number of aromatic carboxylic acids is 1. The molecular formula is C13H13NO5S. The average Bonchev–Trinajstić information content (AvgIpc) is 2.60. The van der Waals surface area contributed by atoms with Crippen LogP contribution in [-0.2, 0) is 10.8 Å². The lowest BCUT2D eigenvalue weighted by atomic mass is 10.1. The van der Waals surface area contributed by atoms with Gasteiger partial charge < -0.3 is 5.11 Å². The molecule has 0 spiro atoms. The van der Waals surface area contributed by atoms with Crippen molar-refractivity contribution < 1.29 is 23.7 Å². The van der Waals surface area contributed by atoms with Crippen LogP contribution >= 0.6 is 0 Å². The van der Waals surface area contributed by atoms with Gasteiger partial charge in [0.05, 0.1) is 16.7 Å². The Bertz CT molecular complexity index is 640. The molecule has 0 saturated carbocycles. The molecule has 6 nitrogen and oxygen atoms in total. The van der Waals surface area contributed by atoms with E-state index in [1.165, 1.54) is 24.5 Å². The Labute approximate surface area is 117 Å². The van der Waals surface area contributed by atoms with Gasteiger partial charge >= 0.3 is 5.97 Å². The molecule has 0 aromatic heterocycles. The highest BCUT2D eigenvalue weighted by molar-refractivity contribution is 7.84. The van der Waals surface area contributed by atoms with E-state index in [4.69, 9.17) is 5.11 Å². The molecule has 2 rings (SSSR count). The van der Waals surface area contributed by atoms with Crippen molar-refractivity contribution in [1.29, 1.82) is 0 Å². The van der Waals surface area contributed by atoms with E-state index in [0.29, 0.717) is 0 Å². The second-order valence-corrected chi connectivity index (χ2v) is 6.11. The summed E-state index contributed by atoms with van der Waals surface area (Å²) in [6.45, 7) is 1.64. The molecule has 0 fully saturated rings. The van der Waals surface area contributed by atoms with Crippen LogP contribution in [0.2, 0.25) is 0 Å². The highest BCUT2D eigenvalue weighted by atomic mass is 32.2. The minimum Gasteiger partial charge on any atom is -0.478 e. The Morgan fingerprint density at radius 3 is 2.45 bits per heavy atom. The molecule has 2 atom stereocenters. The molecule has 7 heteroatoms. The maximum Gasteiger partial charge on any atom is 0.335 e. The molecule has 0 aliphatic carbocycles. The first-order valence-corrected chi connectivity index (χ1v) is 7.61. The first-order valence-electron chi connectivity index (χ1n) is 5.88. The zero-order chi connectivity index (χ0) is 15.0. The number of carbonyl (C=O) groups excluding carboxylic acids is 2. The summed E-state index contributed by atoms with van der Waals surface area (Å²) in [7, 11) is -1.14. The molecule has 20 heavy (non-hydrogen) atoms. The molecule has 1 heterocycles. The number of fused-ring (bicyclic) bond motifs is 1. The lowest BCUT2D eigenvalue weighted by Gasteiger charge is -2.21. The largest absolute Gasteiger partial charge is 0.478 e. The summed E-state index contributed by atoms with van der Waals surface area (Å²) in [5, 5.41) is 8.91. The maximum atomic E-state index is 12.2. The van der Waals surface area contributed by atoms with Crippen LogP contribution in [0.15, 0.2) is 18.2 Å². The van der Waals surface area contributed by atoms with Gasteiger partial charge in [0.25, 0.3) is 11.8 Å². The van der Waals surface area contributed by atoms with Crippen molar-refractivity contribution in [2.75, 3.05) is 12.0 Å². The number of carboxylic acids is 1. The summed E-state index contributed by atoms with van der Waals surface area (Å²) >= 11 is 0. The second-order valence-electron chi connectivity index (χ2n) is 4.63. The Morgan fingerprint density at radius 1 is 1.30 bits per heavy atom. The molecule has 2 amide bonds. The van der Waals surface area contributed by atoms with Gasteiger partial charge in [-0.25, -0.2) is 4.79 Å². The predicted molar refractivity (Wildman–Crippen MR) is 72.3 cm³/mol. The number of nitrogens with zero attached hydrogens (tertiary/aromatic N) is 1. The van der Waals surface area contributed by atoms with Gasteiger partial charge in [-0.15, -0.1) is 0 Å². The van der Waals surface area contributed by atoms with Gasteiger partial charge in [-0.1, -0.05) is 0 Å². The van der Waals surface area contributed by atoms with Crippen LogP contribution in [0.25, 0.3) is 0 Å². The van der Waals surface area contributed by atoms with E-state index in [1.807, 2.05) is 0 Å². The Balaban J connectivity index is 2.40. The number of hydrogen-bond acceptors (Lipinski definition) is 4. The normalized spacial score (nSPS) is 17.0. The van der Waals surface area contributed by atoms with E-state index in [-0.39, 0.29) is 22.4 Å². The molecule has 2 unspecified atom stereocenters. The van der Waals surface area contributed by atoms with Gasteiger partial charge in [0.2, 0.25) is 0 Å². The van der Waals surface area contributed by atoms with Crippen LogP contribution in [-0.4, -0.2) is 50.0 Å². The molecular weight excluding hydrogens is 282 g/mol. The lowest BCUT2D eigenvalue weighted by molar-refractivity contribution is 0.0610. The summed E-state index contributed by atoms with van der Waals surface area (Å²) in [5.74, 6) is -1.97. The molecule has 1 aromatic rings. The standard InChI is InChI=1S/C13H13NO5S/c1-7(6-20(2)19)14-11(15)9-4-3-8(13(17)18)5-10(9)12(14)16/h3-5,7H,6H2,1-2H3,(H,17,18). The van der Waals surface area contributed by atoms with Crippen molar-refractivity contribution in [2.45, 2.75) is 13.0 Å². The van der Waals surface area contributed by atoms with Gasteiger partial charge in [0, 0.05) is 28.9 Å². The number of carboxylic acid groups (broad SMARTS) is 1. The fourth-order valence-electron chi connectivity index (χ4n) is 2.21. The van der Waals surface area contributed by atoms with Crippen LogP contribution in [0.5, 0.6) is 0 Å². The SMILES string of the molecule is CC(CS(C)=O)N1C(=O)c2ccc(C(=O)O)cc2C1=O. The quantitative estimate of drug-likeness (QED) is 0.827. The Hall–Kier alpha value is -2.02. The third kappa shape index (κ3) is 2.36. The second kappa shape index (κ2) is 5.16. The van der Waals surface area contributed by atoms with Crippen LogP contribution in [0, 0.1) is 0 Å². The number of imide groups is 1. The molecule has 0 bridgehead atoms. The molecule has 1 N–H and O–H groups in total. The van der Waals surface area contributed by atoms with Gasteiger partial charge in [-0.05, 0) is 25.1 Å². The van der Waals surface area contributed by atoms with E-state index >= 15 is 0 Å². The third-order valence-corrected chi connectivity index (χ3v) is 4.03. The van der Waals surface area contributed by atoms with Crippen molar-refractivity contribution in [3.8, 4) is 0 Å². The topological polar surface area (TPSA) is 91.8 Å². The van der Waals surface area contributed by atoms with E-state index < -0.39 is 34.6 Å². The number of carbonyl (C=O) groups is 3. The fourth-order valence-corrected chi connectivity index (χ4v) is 3.04. The van der Waals surface area contributed by atoms with E-state index in [9.17, 15) is 18.6 Å². The highest BCUT2D eigenvalue weighted by Crippen LogP contribution is 2.26. The van der Waals surface area contributed by atoms with Crippen molar-refractivity contribution in [2.24, 2.45) is 0 Å². The minimum atomic E-state index is -1.16. The van der Waals surface area contributed by atoms with Gasteiger partial charge in [-0.3, -0.25) is 18.7 Å². The number of amides is 2. The number of rotatable bonds is 4. The summed E-state index contributed by atoms with van der Waals surface area (Å²) in [6.07, 6.45) is 1.50. The van der Waals surface area contributed by atoms with E-state index in [1.54, 1.807) is 6.92 Å². The van der Waals surface area contributed by atoms with Crippen LogP contribution in [0.4, 0.5) is 0 Å². The van der Waals surface area contributed by atoms with Crippen LogP contribution in [0.3, 0.4) is 0 Å². The molecule has 1 aromatic carbocycles. The smallest absolute Gasteiger partial charge is 0.335 e. The van der Waals surface area contributed by atoms with E-state index in [2.05, 4.69) is 0 Å². The fraction of sp³-hybridized carbons (Fsp3) is 0.308. The first-order chi connectivity index (χ1) is 9.32. The molecule has 106 valence electrons. The van der Waals surface area contributed by atoms with E-state index in [0.717, 1.165) is 4.90 Å². The predicted octanol–water partition coefficient (Wildman–Crippen LogP) is 0.748. The lowest BCUT2D eigenvalue weighted by Crippen LogP contribution is -2.40. The van der Waals surface area contributed by atoms with Crippen molar-refractivity contribution in [1.82, 2.24) is 4.90 Å². The van der Waals surface area contributed by atoms with Crippen molar-refractivity contribution in [3.05, 3.63) is 34.9 Å². The van der Waals surface area contributed by atoms with Crippen molar-refractivity contribution >= 4 is 28.6 Å². The number of hydrogen-bond donors (Lipinski definition) is 1. The zero-order valence-corrected chi connectivity index (χ0v) is 11.8. The van der Waals surface area contributed by atoms with Gasteiger partial charge in [-0.2, -0.15) is 0 Å². The maximum absolute atomic E-state index is 12.2. The summed E-state index contributed by atoms with van der Waals surface area (Å²) < 4.78 is 11.2. The number of benzene rings is 1. The molecule has 0 radical (unpaired) electrons. The molecule has 0 saturated heterocycles. The highest BCUT2D eigenvalue weighted by Gasteiger charge is 2.39. The van der Waals surface area contributed by atoms with Gasteiger partial charge in [0.1, 0.15) is 0 Å². The zero-order valence-electron chi connectivity index (χ0n) is 11.0. The average molecular weight is 295 g/mol. The summed E-state index contributed by atoms with van der Waals surface area (Å²) in [5.41, 5.74) is 0.232. The minimum absolute atomic E-state index is 0.0431. The van der Waals surface area contributed by atoms with Crippen molar-refractivity contribution in [3.63, 3.8) is 0 Å². The van der Waals surface area contributed by atoms with Crippen LogP contribution < -0.4 is 0 Å². The Kier molecular flexibility index (Phi) is 3.71. The van der Waals surface area contributed by atoms with Crippen LogP contribution in [0.1, 0.15) is 38.0 Å². The molecule has 1 aliphatic rings.